The molecule has 0 aliphatic heterocycles. The Hall–Kier alpha value is -1.72. The Bertz CT molecular complexity index is 768. The number of carbonyl (C=O) groups is 2. The Morgan fingerprint density at radius 1 is 1.38 bits per heavy atom. The summed E-state index contributed by atoms with van der Waals surface area (Å²) < 4.78 is 9.59. The zero-order valence-corrected chi connectivity index (χ0v) is 14.8. The van der Waals surface area contributed by atoms with E-state index < -0.39 is 21.6 Å². The number of alkyl halides is 2. The molecule has 1 fully saturated rings. The highest BCUT2D eigenvalue weighted by Gasteiger charge is 2.69. The van der Waals surface area contributed by atoms with E-state index in [0.717, 1.165) is 11.0 Å². The molecule has 1 aliphatic carbocycles. The fourth-order valence-corrected chi connectivity index (χ4v) is 3.17. The van der Waals surface area contributed by atoms with Crippen molar-refractivity contribution in [2.75, 3.05) is 6.61 Å². The second kappa shape index (κ2) is 5.97. The van der Waals surface area contributed by atoms with Gasteiger partial charge in [0.15, 0.2) is 6.61 Å². The largest absolute Gasteiger partial charge is 0.459 e. The summed E-state index contributed by atoms with van der Waals surface area (Å²) in [6.07, 6.45) is 0.318. The zero-order valence-electron chi connectivity index (χ0n) is 13.3. The van der Waals surface area contributed by atoms with E-state index in [9.17, 15) is 9.59 Å². The number of amides is 1. The minimum Gasteiger partial charge on any atom is -0.459 e. The van der Waals surface area contributed by atoms with Gasteiger partial charge in [0.1, 0.15) is 21.1 Å². The predicted octanol–water partition coefficient (Wildman–Crippen LogP) is 3.74. The number of furan rings is 1. The third kappa shape index (κ3) is 3.10. The van der Waals surface area contributed by atoms with Crippen LogP contribution in [0.2, 0.25) is 0 Å². The summed E-state index contributed by atoms with van der Waals surface area (Å²) in [7, 11) is 0. The van der Waals surface area contributed by atoms with Crippen molar-refractivity contribution in [2.45, 2.75) is 30.6 Å². The van der Waals surface area contributed by atoms with Crippen LogP contribution in [0.4, 0.5) is 0 Å². The van der Waals surface area contributed by atoms with Gasteiger partial charge in [-0.15, -0.1) is 23.2 Å². The van der Waals surface area contributed by atoms with Gasteiger partial charge >= 0.3 is 5.97 Å². The number of halogens is 2. The molecule has 1 amide bonds. The van der Waals surface area contributed by atoms with Crippen molar-refractivity contribution in [1.82, 2.24) is 5.32 Å². The number of hydrogen-bond donors (Lipinski definition) is 1. The smallest absolute Gasteiger partial charge is 0.315 e. The number of hydrogen-bond acceptors (Lipinski definition) is 4. The van der Waals surface area contributed by atoms with E-state index in [0.29, 0.717) is 12.2 Å². The van der Waals surface area contributed by atoms with Crippen LogP contribution in [0.5, 0.6) is 0 Å². The standard InChI is InChI=1S/C17H17Cl2NO4/c1-10(13-7-11-5-3-4-6-12(11)24-13)20-14(21)8-23-15(22)16(2)9-17(16,18)19/h3-7,10H,8-9H2,1-2H3,(H,20,21)/t10-,16+/m1/s1. The molecule has 1 N–H and O–H groups in total. The Morgan fingerprint density at radius 2 is 2.04 bits per heavy atom. The number of para-hydroxylation sites is 1. The molecule has 0 spiro atoms. The Labute approximate surface area is 149 Å². The lowest BCUT2D eigenvalue weighted by atomic mass is 10.1. The second-order valence-corrected chi connectivity index (χ2v) is 7.75. The van der Waals surface area contributed by atoms with Gasteiger partial charge in [0.05, 0.1) is 6.04 Å². The first-order valence-electron chi connectivity index (χ1n) is 7.56. The molecule has 128 valence electrons. The Morgan fingerprint density at radius 3 is 2.67 bits per heavy atom. The first-order valence-corrected chi connectivity index (χ1v) is 8.31. The van der Waals surface area contributed by atoms with E-state index in [2.05, 4.69) is 5.32 Å². The average molecular weight is 370 g/mol. The van der Waals surface area contributed by atoms with E-state index in [1.54, 1.807) is 13.8 Å². The molecule has 24 heavy (non-hydrogen) atoms. The molecule has 1 saturated carbocycles. The minimum atomic E-state index is -1.11. The van der Waals surface area contributed by atoms with Crippen LogP contribution in [0.25, 0.3) is 11.0 Å². The molecule has 2 aromatic rings. The van der Waals surface area contributed by atoms with E-state index in [-0.39, 0.29) is 12.6 Å². The van der Waals surface area contributed by atoms with Crippen molar-refractivity contribution in [2.24, 2.45) is 5.41 Å². The number of esters is 1. The van der Waals surface area contributed by atoms with E-state index in [1.165, 1.54) is 0 Å². The molecule has 1 aromatic heterocycles. The van der Waals surface area contributed by atoms with Gasteiger partial charge in [-0.25, -0.2) is 0 Å². The topological polar surface area (TPSA) is 68.5 Å². The summed E-state index contributed by atoms with van der Waals surface area (Å²) in [5, 5.41) is 3.69. The van der Waals surface area contributed by atoms with Crippen LogP contribution in [0.1, 0.15) is 32.1 Å². The first-order chi connectivity index (χ1) is 11.2. The van der Waals surface area contributed by atoms with Crippen molar-refractivity contribution in [3.63, 3.8) is 0 Å². The van der Waals surface area contributed by atoms with Gasteiger partial charge in [-0.05, 0) is 26.0 Å². The third-order valence-electron chi connectivity index (χ3n) is 4.29. The lowest BCUT2D eigenvalue weighted by Gasteiger charge is -2.14. The zero-order chi connectivity index (χ0) is 17.5. The van der Waals surface area contributed by atoms with E-state index in [4.69, 9.17) is 32.4 Å². The van der Waals surface area contributed by atoms with Crippen LogP contribution in [-0.4, -0.2) is 22.8 Å². The van der Waals surface area contributed by atoms with Gasteiger partial charge < -0.3 is 14.5 Å². The van der Waals surface area contributed by atoms with Gasteiger partial charge in [-0.1, -0.05) is 18.2 Å². The summed E-state index contributed by atoms with van der Waals surface area (Å²) in [4.78, 5) is 23.9. The van der Waals surface area contributed by atoms with Crippen molar-refractivity contribution in [3.05, 3.63) is 36.1 Å². The maximum absolute atomic E-state index is 12.0. The van der Waals surface area contributed by atoms with Crippen LogP contribution in [0, 0.1) is 5.41 Å². The molecule has 1 heterocycles. The molecule has 7 heteroatoms. The SMILES string of the molecule is C[C@@H](NC(=O)COC(=O)[C@]1(C)CC1(Cl)Cl)c1cc2ccccc2o1. The lowest BCUT2D eigenvalue weighted by Crippen LogP contribution is -2.32. The van der Waals surface area contributed by atoms with Gasteiger partial charge in [-0.2, -0.15) is 0 Å². The highest BCUT2D eigenvalue weighted by Crippen LogP contribution is 2.64. The highest BCUT2D eigenvalue weighted by molar-refractivity contribution is 6.53. The number of fused-ring (bicyclic) bond motifs is 1. The molecule has 1 aliphatic rings. The molecular formula is C17H17Cl2NO4. The maximum atomic E-state index is 12.0. The highest BCUT2D eigenvalue weighted by atomic mass is 35.5. The van der Waals surface area contributed by atoms with Crippen molar-refractivity contribution >= 4 is 46.0 Å². The van der Waals surface area contributed by atoms with Crippen molar-refractivity contribution in [1.29, 1.82) is 0 Å². The Kier molecular flexibility index (Phi) is 4.26. The molecule has 0 bridgehead atoms. The Balaban J connectivity index is 1.54. The third-order valence-corrected chi connectivity index (χ3v) is 5.39. The summed E-state index contributed by atoms with van der Waals surface area (Å²) in [5.74, 6) is -0.361. The van der Waals surface area contributed by atoms with Crippen molar-refractivity contribution < 1.29 is 18.7 Å². The van der Waals surface area contributed by atoms with Gasteiger partial charge in [0.25, 0.3) is 5.91 Å². The normalized spacial score (nSPS) is 22.8. The monoisotopic (exact) mass is 369 g/mol. The molecular weight excluding hydrogens is 353 g/mol. The molecule has 2 atom stereocenters. The molecule has 0 unspecified atom stereocenters. The lowest BCUT2D eigenvalue weighted by molar-refractivity contribution is -0.153. The summed E-state index contributed by atoms with van der Waals surface area (Å²) in [6.45, 7) is 3.02. The number of ether oxygens (including phenoxy) is 1. The molecule has 1 aromatic carbocycles. The van der Waals surface area contributed by atoms with Crippen LogP contribution < -0.4 is 5.32 Å². The molecule has 5 nitrogen and oxygen atoms in total. The maximum Gasteiger partial charge on any atom is 0.315 e. The fourth-order valence-electron chi connectivity index (χ4n) is 2.48. The minimum absolute atomic E-state index is 0.318. The van der Waals surface area contributed by atoms with Crippen LogP contribution in [0.15, 0.2) is 34.7 Å². The average Bonchev–Trinajstić information content (AvgIpc) is 2.87. The first kappa shape index (κ1) is 17.1. The predicted molar refractivity (Wildman–Crippen MR) is 90.9 cm³/mol. The quantitative estimate of drug-likeness (QED) is 0.643. The number of carbonyl (C=O) groups excluding carboxylic acids is 2. The second-order valence-electron chi connectivity index (χ2n) is 6.27. The van der Waals surface area contributed by atoms with Gasteiger partial charge in [0, 0.05) is 11.8 Å². The number of nitrogens with one attached hydrogen (secondary N) is 1. The van der Waals surface area contributed by atoms with Crippen molar-refractivity contribution in [3.8, 4) is 0 Å². The van der Waals surface area contributed by atoms with Gasteiger partial charge in [0.2, 0.25) is 0 Å². The molecule has 0 saturated heterocycles. The van der Waals surface area contributed by atoms with E-state index >= 15 is 0 Å². The molecule has 0 radical (unpaired) electrons. The number of benzene rings is 1. The van der Waals surface area contributed by atoms with E-state index in [1.807, 2.05) is 30.3 Å². The summed E-state index contributed by atoms with van der Waals surface area (Å²) in [6, 6.07) is 9.10. The summed E-state index contributed by atoms with van der Waals surface area (Å²) >= 11 is 11.8. The van der Waals surface area contributed by atoms with Crippen LogP contribution >= 0.6 is 23.2 Å². The van der Waals surface area contributed by atoms with Crippen LogP contribution in [-0.2, 0) is 14.3 Å². The fraction of sp³-hybridized carbons (Fsp3) is 0.412. The van der Waals surface area contributed by atoms with Crippen LogP contribution in [0.3, 0.4) is 0 Å². The number of rotatable bonds is 5. The van der Waals surface area contributed by atoms with Gasteiger partial charge in [-0.3, -0.25) is 9.59 Å². The molecule has 3 rings (SSSR count). The summed E-state index contributed by atoms with van der Waals surface area (Å²) in [5.41, 5.74) is -0.192.